The molecule has 19 heavy (non-hydrogen) atoms. The zero-order chi connectivity index (χ0) is 14.3. The zero-order valence-corrected chi connectivity index (χ0v) is 12.0. The van der Waals surface area contributed by atoms with Crippen molar-refractivity contribution in [3.05, 3.63) is 23.8 Å². The van der Waals surface area contributed by atoms with Crippen molar-refractivity contribution in [3.8, 4) is 0 Å². The van der Waals surface area contributed by atoms with Crippen LogP contribution in [0.3, 0.4) is 0 Å². The standard InChI is InChI=1S/C14H19ClN2O2/c1-3-13(18)16-11-6-4-7-12(10(11)2)17-14(19)8-5-9-15/h4,6-7H,3,5,8-9H2,1-2H3,(H,16,18)(H,17,19). The summed E-state index contributed by atoms with van der Waals surface area (Å²) < 4.78 is 0. The van der Waals surface area contributed by atoms with E-state index in [-0.39, 0.29) is 11.8 Å². The Morgan fingerprint density at radius 2 is 1.74 bits per heavy atom. The Bertz CT molecular complexity index is 461. The summed E-state index contributed by atoms with van der Waals surface area (Å²) in [4.78, 5) is 23.1. The van der Waals surface area contributed by atoms with Crippen molar-refractivity contribution in [2.24, 2.45) is 0 Å². The minimum absolute atomic E-state index is 0.0475. The van der Waals surface area contributed by atoms with Gasteiger partial charge in [-0.25, -0.2) is 0 Å². The smallest absolute Gasteiger partial charge is 0.224 e. The van der Waals surface area contributed by atoms with E-state index in [9.17, 15) is 9.59 Å². The summed E-state index contributed by atoms with van der Waals surface area (Å²) in [6, 6.07) is 5.43. The lowest BCUT2D eigenvalue weighted by atomic mass is 10.1. The third-order valence-electron chi connectivity index (χ3n) is 2.74. The summed E-state index contributed by atoms with van der Waals surface area (Å²) in [6.07, 6.45) is 1.47. The van der Waals surface area contributed by atoms with Gasteiger partial charge in [0.05, 0.1) is 0 Å². The average molecular weight is 283 g/mol. The molecule has 4 nitrogen and oxygen atoms in total. The Morgan fingerprint density at radius 1 is 1.16 bits per heavy atom. The van der Waals surface area contributed by atoms with Gasteiger partial charge in [-0.1, -0.05) is 13.0 Å². The molecule has 0 atom stereocenters. The van der Waals surface area contributed by atoms with Gasteiger partial charge in [-0.15, -0.1) is 11.6 Å². The number of anilines is 2. The number of rotatable bonds is 6. The molecule has 0 unspecified atom stereocenters. The van der Waals surface area contributed by atoms with Gasteiger partial charge >= 0.3 is 0 Å². The van der Waals surface area contributed by atoms with Crippen LogP contribution < -0.4 is 10.6 Å². The number of benzene rings is 1. The van der Waals surface area contributed by atoms with Crippen molar-refractivity contribution in [1.29, 1.82) is 0 Å². The van der Waals surface area contributed by atoms with Gasteiger partial charge in [-0.2, -0.15) is 0 Å². The molecule has 0 aliphatic carbocycles. The minimum Gasteiger partial charge on any atom is -0.326 e. The van der Waals surface area contributed by atoms with Gasteiger partial charge in [-0.3, -0.25) is 9.59 Å². The SMILES string of the molecule is CCC(=O)Nc1cccc(NC(=O)CCCCl)c1C. The van der Waals surface area contributed by atoms with Crippen LogP contribution in [-0.2, 0) is 9.59 Å². The van der Waals surface area contributed by atoms with Gasteiger partial charge in [0.25, 0.3) is 0 Å². The van der Waals surface area contributed by atoms with Gasteiger partial charge < -0.3 is 10.6 Å². The van der Waals surface area contributed by atoms with Gasteiger partial charge in [0.15, 0.2) is 0 Å². The molecule has 0 heterocycles. The molecule has 0 saturated carbocycles. The first-order chi connectivity index (χ1) is 9.08. The van der Waals surface area contributed by atoms with E-state index in [0.717, 1.165) is 11.3 Å². The highest BCUT2D eigenvalue weighted by Crippen LogP contribution is 2.23. The van der Waals surface area contributed by atoms with E-state index in [2.05, 4.69) is 10.6 Å². The largest absolute Gasteiger partial charge is 0.326 e. The van der Waals surface area contributed by atoms with Gasteiger partial charge in [0.2, 0.25) is 11.8 Å². The average Bonchev–Trinajstić information content (AvgIpc) is 2.40. The Labute approximate surface area is 118 Å². The number of hydrogen-bond acceptors (Lipinski definition) is 2. The van der Waals surface area contributed by atoms with Crippen molar-refractivity contribution in [2.75, 3.05) is 16.5 Å². The molecule has 0 fully saturated rings. The second-order valence-electron chi connectivity index (χ2n) is 4.22. The van der Waals surface area contributed by atoms with Crippen LogP contribution in [0.1, 0.15) is 31.7 Å². The summed E-state index contributed by atoms with van der Waals surface area (Å²) in [5.74, 6) is 0.357. The fourth-order valence-electron chi connectivity index (χ4n) is 1.59. The van der Waals surface area contributed by atoms with E-state index in [4.69, 9.17) is 11.6 Å². The topological polar surface area (TPSA) is 58.2 Å². The van der Waals surface area contributed by atoms with Crippen molar-refractivity contribution in [3.63, 3.8) is 0 Å². The molecule has 0 spiro atoms. The number of carbonyl (C=O) groups is 2. The number of amides is 2. The molecule has 1 aromatic carbocycles. The van der Waals surface area contributed by atoms with Gasteiger partial charge in [0.1, 0.15) is 0 Å². The second-order valence-corrected chi connectivity index (χ2v) is 4.60. The third-order valence-corrected chi connectivity index (χ3v) is 3.01. The summed E-state index contributed by atoms with van der Waals surface area (Å²) >= 11 is 5.55. The lowest BCUT2D eigenvalue weighted by Crippen LogP contribution is -2.14. The molecule has 0 aliphatic heterocycles. The summed E-state index contributed by atoms with van der Waals surface area (Å²) in [6.45, 7) is 3.66. The zero-order valence-electron chi connectivity index (χ0n) is 11.3. The summed E-state index contributed by atoms with van der Waals surface area (Å²) in [7, 11) is 0. The second kappa shape index (κ2) is 7.79. The molecule has 0 aliphatic rings. The minimum atomic E-state index is -0.0669. The first-order valence-corrected chi connectivity index (χ1v) is 6.87. The number of hydrogen-bond donors (Lipinski definition) is 2. The van der Waals surface area contributed by atoms with E-state index >= 15 is 0 Å². The Balaban J connectivity index is 2.77. The van der Waals surface area contributed by atoms with E-state index in [1.165, 1.54) is 0 Å². The summed E-state index contributed by atoms with van der Waals surface area (Å²) in [5.41, 5.74) is 2.29. The van der Waals surface area contributed by atoms with Crippen molar-refractivity contribution in [1.82, 2.24) is 0 Å². The Hall–Kier alpha value is -1.55. The van der Waals surface area contributed by atoms with E-state index in [0.29, 0.717) is 30.8 Å². The summed E-state index contributed by atoms with van der Waals surface area (Å²) in [5, 5.41) is 5.63. The van der Waals surface area contributed by atoms with E-state index in [1.807, 2.05) is 19.1 Å². The van der Waals surface area contributed by atoms with Gasteiger partial charge in [-0.05, 0) is 31.0 Å². The third kappa shape index (κ3) is 4.91. The molecule has 0 saturated heterocycles. The van der Waals surface area contributed by atoms with Crippen molar-refractivity contribution >= 4 is 34.8 Å². The fourth-order valence-corrected chi connectivity index (χ4v) is 1.72. The van der Waals surface area contributed by atoms with Crippen LogP contribution >= 0.6 is 11.6 Å². The highest BCUT2D eigenvalue weighted by atomic mass is 35.5. The van der Waals surface area contributed by atoms with Crippen LogP contribution in [0, 0.1) is 6.92 Å². The lowest BCUT2D eigenvalue weighted by molar-refractivity contribution is -0.116. The molecule has 1 aromatic rings. The van der Waals surface area contributed by atoms with Crippen molar-refractivity contribution < 1.29 is 9.59 Å². The molecular formula is C14H19ClN2O2. The number of nitrogens with one attached hydrogen (secondary N) is 2. The van der Waals surface area contributed by atoms with Crippen LogP contribution in [0.25, 0.3) is 0 Å². The first kappa shape index (κ1) is 15.5. The number of carbonyl (C=O) groups excluding carboxylic acids is 2. The molecule has 2 N–H and O–H groups in total. The molecule has 2 amide bonds. The number of alkyl halides is 1. The van der Waals surface area contributed by atoms with Crippen molar-refractivity contribution in [2.45, 2.75) is 33.1 Å². The number of halogens is 1. The highest BCUT2D eigenvalue weighted by Gasteiger charge is 2.08. The maximum atomic E-state index is 11.7. The predicted molar refractivity (Wildman–Crippen MR) is 78.7 cm³/mol. The quantitative estimate of drug-likeness (QED) is 0.787. The predicted octanol–water partition coefficient (Wildman–Crippen LogP) is 3.30. The normalized spacial score (nSPS) is 10.1. The van der Waals surface area contributed by atoms with Crippen LogP contribution in [0.2, 0.25) is 0 Å². The van der Waals surface area contributed by atoms with Gasteiger partial charge in [0, 0.05) is 30.1 Å². The van der Waals surface area contributed by atoms with Crippen LogP contribution in [0.15, 0.2) is 18.2 Å². The molecule has 1 rings (SSSR count). The van der Waals surface area contributed by atoms with Crippen LogP contribution in [-0.4, -0.2) is 17.7 Å². The van der Waals surface area contributed by atoms with E-state index in [1.54, 1.807) is 13.0 Å². The molecule has 104 valence electrons. The molecule has 0 bridgehead atoms. The highest BCUT2D eigenvalue weighted by molar-refractivity contribution is 6.18. The molecule has 0 aromatic heterocycles. The van der Waals surface area contributed by atoms with Crippen LogP contribution in [0.4, 0.5) is 11.4 Å². The molecular weight excluding hydrogens is 264 g/mol. The monoisotopic (exact) mass is 282 g/mol. The first-order valence-electron chi connectivity index (χ1n) is 6.33. The maximum absolute atomic E-state index is 11.7. The maximum Gasteiger partial charge on any atom is 0.224 e. The Morgan fingerprint density at radius 3 is 2.26 bits per heavy atom. The molecule has 0 radical (unpaired) electrons. The fraction of sp³-hybridized carbons (Fsp3) is 0.429. The van der Waals surface area contributed by atoms with E-state index < -0.39 is 0 Å². The Kier molecular flexibility index (Phi) is 6.36. The van der Waals surface area contributed by atoms with Crippen LogP contribution in [0.5, 0.6) is 0 Å². The molecule has 5 heteroatoms. The lowest BCUT2D eigenvalue weighted by Gasteiger charge is -2.13.